The Morgan fingerprint density at radius 2 is 1.19 bits per heavy atom. The number of hydrogen-bond acceptors (Lipinski definition) is 3. The van der Waals surface area contributed by atoms with Gasteiger partial charge in [0.25, 0.3) is 0 Å². The van der Waals surface area contributed by atoms with Crippen molar-refractivity contribution < 1.29 is 14.4 Å². The minimum absolute atomic E-state index is 0.293. The van der Waals surface area contributed by atoms with Gasteiger partial charge in [0.1, 0.15) is 15.8 Å². The smallest absolute Gasteiger partial charge is 0.243 e. The molecular formula is C30H26Cl2N2O3. The molecule has 0 radical (unpaired) electrons. The van der Waals surface area contributed by atoms with Crippen LogP contribution in [0.1, 0.15) is 41.7 Å². The number of carbonyl (C=O) groups is 3. The minimum atomic E-state index is -1.27. The first kappa shape index (κ1) is 24.2. The molecule has 37 heavy (non-hydrogen) atoms. The lowest BCUT2D eigenvalue weighted by molar-refractivity contribution is -0.149. The van der Waals surface area contributed by atoms with E-state index in [9.17, 15) is 14.4 Å². The van der Waals surface area contributed by atoms with E-state index in [-0.39, 0.29) is 11.8 Å². The average molecular weight is 533 g/mol. The van der Waals surface area contributed by atoms with Crippen molar-refractivity contribution in [2.24, 2.45) is 17.8 Å². The van der Waals surface area contributed by atoms with Crippen molar-refractivity contribution in [1.82, 2.24) is 10.2 Å². The number of nitrogens with zero attached hydrogens (tertiary/aromatic N) is 1. The molecule has 7 rings (SSSR count). The molecule has 7 heteroatoms. The van der Waals surface area contributed by atoms with Crippen LogP contribution in [0.4, 0.5) is 0 Å². The summed E-state index contributed by atoms with van der Waals surface area (Å²) >= 11 is 15.0. The lowest BCUT2D eigenvalue weighted by atomic mass is 9.54. The molecule has 4 aliphatic rings. The quantitative estimate of drug-likeness (QED) is 0.374. The van der Waals surface area contributed by atoms with E-state index < -0.39 is 39.4 Å². The van der Waals surface area contributed by atoms with Gasteiger partial charge in [0.15, 0.2) is 0 Å². The van der Waals surface area contributed by atoms with E-state index in [2.05, 4.69) is 5.32 Å². The van der Waals surface area contributed by atoms with Gasteiger partial charge in [-0.25, -0.2) is 0 Å². The van der Waals surface area contributed by atoms with Crippen LogP contribution in [0.25, 0.3) is 0 Å². The summed E-state index contributed by atoms with van der Waals surface area (Å²) in [6.45, 7) is 3.96. The lowest BCUT2D eigenvalue weighted by Crippen LogP contribution is -2.57. The number of hydrogen-bond donors (Lipinski definition) is 1. The van der Waals surface area contributed by atoms with E-state index in [0.29, 0.717) is 6.54 Å². The number of carbonyl (C=O) groups excluding carboxylic acids is 3. The van der Waals surface area contributed by atoms with Crippen LogP contribution in [0.3, 0.4) is 0 Å². The molecular weight excluding hydrogens is 507 g/mol. The van der Waals surface area contributed by atoms with E-state index >= 15 is 0 Å². The maximum atomic E-state index is 14.2. The Morgan fingerprint density at radius 1 is 0.784 bits per heavy atom. The van der Waals surface area contributed by atoms with Gasteiger partial charge in [-0.05, 0) is 33.7 Å². The van der Waals surface area contributed by atoms with Gasteiger partial charge in [0.05, 0.1) is 11.8 Å². The molecule has 3 aromatic carbocycles. The van der Waals surface area contributed by atoms with Gasteiger partial charge in [-0.1, -0.05) is 92.7 Å². The maximum Gasteiger partial charge on any atom is 0.243 e. The molecule has 5 nitrogen and oxygen atoms in total. The first-order chi connectivity index (χ1) is 17.7. The fourth-order valence-electron chi connectivity index (χ4n) is 6.57. The standard InChI is InChI=1S/C30H26Cl2N2O3/c1-17(2)25(26(35)33-16-18-10-4-3-5-11-18)34-27(36)23-24(28(34)37)30(32)20-13-7-6-12-19(20)29(23,31)21-14-8-9-15-22(21)30/h3-15,17,23-25H,16H2,1-2H3,(H,33,35)/t23-,24+,25-,29?,30?/m0/s1. The van der Waals surface area contributed by atoms with Crippen LogP contribution in [0.15, 0.2) is 78.9 Å². The van der Waals surface area contributed by atoms with Crippen molar-refractivity contribution in [1.29, 1.82) is 0 Å². The highest BCUT2D eigenvalue weighted by Gasteiger charge is 2.73. The molecule has 0 spiro atoms. The number of amides is 3. The molecule has 3 aliphatic carbocycles. The highest BCUT2D eigenvalue weighted by molar-refractivity contribution is 6.36. The second-order valence-corrected chi connectivity index (χ2v) is 11.6. The Kier molecular flexibility index (Phi) is 5.52. The van der Waals surface area contributed by atoms with Gasteiger partial charge < -0.3 is 5.32 Å². The second-order valence-electron chi connectivity index (χ2n) is 10.4. The molecule has 2 bridgehead atoms. The van der Waals surface area contributed by atoms with Gasteiger partial charge >= 0.3 is 0 Å². The van der Waals surface area contributed by atoms with E-state index in [1.54, 1.807) is 0 Å². The van der Waals surface area contributed by atoms with Crippen LogP contribution >= 0.6 is 23.2 Å². The number of halogens is 2. The Bertz CT molecular complexity index is 1320. The van der Waals surface area contributed by atoms with Crippen molar-refractivity contribution in [2.75, 3.05) is 0 Å². The third kappa shape index (κ3) is 3.14. The van der Waals surface area contributed by atoms with Gasteiger partial charge in [-0.2, -0.15) is 0 Å². The van der Waals surface area contributed by atoms with Crippen LogP contribution in [0.5, 0.6) is 0 Å². The Hall–Kier alpha value is -3.15. The van der Waals surface area contributed by atoms with Crippen LogP contribution in [-0.4, -0.2) is 28.7 Å². The number of alkyl halides is 2. The van der Waals surface area contributed by atoms with Crippen molar-refractivity contribution in [3.63, 3.8) is 0 Å². The van der Waals surface area contributed by atoms with Crippen molar-refractivity contribution in [3.05, 3.63) is 107 Å². The largest absolute Gasteiger partial charge is 0.350 e. The summed E-state index contributed by atoms with van der Waals surface area (Å²) in [6, 6.07) is 23.5. The zero-order valence-corrected chi connectivity index (χ0v) is 22.0. The first-order valence-corrected chi connectivity index (χ1v) is 13.2. The minimum Gasteiger partial charge on any atom is -0.350 e. The molecule has 1 fully saturated rings. The monoisotopic (exact) mass is 532 g/mol. The second kappa shape index (κ2) is 8.44. The van der Waals surface area contributed by atoms with Gasteiger partial charge in [0, 0.05) is 6.54 Å². The maximum absolute atomic E-state index is 14.2. The third-order valence-corrected chi connectivity index (χ3v) is 9.39. The summed E-state index contributed by atoms with van der Waals surface area (Å²) in [6.07, 6.45) is 0. The Labute approximate surface area is 225 Å². The van der Waals surface area contributed by atoms with Crippen LogP contribution in [-0.2, 0) is 30.7 Å². The van der Waals surface area contributed by atoms with E-state index in [0.717, 1.165) is 32.7 Å². The van der Waals surface area contributed by atoms with Gasteiger partial charge in [-0.3, -0.25) is 19.3 Å². The summed E-state index contributed by atoms with van der Waals surface area (Å²) in [5.74, 6) is -3.45. The van der Waals surface area contributed by atoms with E-state index in [4.69, 9.17) is 23.2 Å². The number of benzene rings is 3. The zero-order chi connectivity index (χ0) is 26.1. The third-order valence-electron chi connectivity index (χ3n) is 8.11. The SMILES string of the molecule is CC(C)[C@@H](C(=O)NCc1ccccc1)N1C(=O)[C@@H]2[C@H](C1=O)C1(Cl)c3ccccc3C2(Cl)c2ccccc21. The molecule has 3 atom stereocenters. The predicted molar refractivity (Wildman–Crippen MR) is 142 cm³/mol. The number of rotatable bonds is 5. The predicted octanol–water partition coefficient (Wildman–Crippen LogP) is 4.92. The topological polar surface area (TPSA) is 66.5 Å². The summed E-state index contributed by atoms with van der Waals surface area (Å²) in [7, 11) is 0. The zero-order valence-electron chi connectivity index (χ0n) is 20.4. The van der Waals surface area contributed by atoms with E-state index in [1.807, 2.05) is 92.7 Å². The summed E-state index contributed by atoms with van der Waals surface area (Å²) in [5.41, 5.74) is 3.89. The molecule has 0 aromatic heterocycles. The molecule has 3 amide bonds. The van der Waals surface area contributed by atoms with Crippen LogP contribution < -0.4 is 5.32 Å². The Morgan fingerprint density at radius 3 is 1.59 bits per heavy atom. The Balaban J connectivity index is 1.45. The van der Waals surface area contributed by atoms with Crippen LogP contribution in [0.2, 0.25) is 0 Å². The molecule has 1 N–H and O–H groups in total. The molecule has 188 valence electrons. The molecule has 3 aromatic rings. The molecule has 1 saturated heterocycles. The molecule has 0 unspecified atom stereocenters. The summed E-state index contributed by atoms with van der Waals surface area (Å²) < 4.78 is 0. The molecule has 1 heterocycles. The molecule has 0 saturated carbocycles. The van der Waals surface area contributed by atoms with Crippen molar-refractivity contribution in [2.45, 2.75) is 36.2 Å². The summed E-state index contributed by atoms with van der Waals surface area (Å²) in [5, 5.41) is 2.92. The average Bonchev–Trinajstić information content (AvgIpc) is 3.17. The number of likely N-dealkylation sites (tertiary alicyclic amines) is 1. The van der Waals surface area contributed by atoms with Crippen LogP contribution in [0, 0.1) is 17.8 Å². The first-order valence-electron chi connectivity index (χ1n) is 12.5. The van der Waals surface area contributed by atoms with Crippen molar-refractivity contribution >= 4 is 40.9 Å². The van der Waals surface area contributed by atoms with Crippen molar-refractivity contribution in [3.8, 4) is 0 Å². The van der Waals surface area contributed by atoms with Gasteiger partial charge in [-0.15, -0.1) is 23.2 Å². The normalized spacial score (nSPS) is 28.1. The number of imide groups is 1. The highest BCUT2D eigenvalue weighted by atomic mass is 35.5. The fourth-order valence-corrected chi connectivity index (χ4v) is 7.67. The van der Waals surface area contributed by atoms with E-state index in [1.165, 1.54) is 0 Å². The lowest BCUT2D eigenvalue weighted by Gasteiger charge is -2.54. The highest BCUT2D eigenvalue weighted by Crippen LogP contribution is 2.69. The van der Waals surface area contributed by atoms with Gasteiger partial charge in [0.2, 0.25) is 17.7 Å². The summed E-state index contributed by atoms with van der Waals surface area (Å²) in [4.78, 5) is 40.5. The molecule has 1 aliphatic heterocycles. The number of nitrogens with one attached hydrogen (secondary N) is 1. The fraction of sp³-hybridized carbons (Fsp3) is 0.300.